The molecule has 128 valence electrons. The standard InChI is InChI=1S/C18H18FN5O/c19-14-3-1-12(2-4-14)15-11-16-18(21-7-10-24(16)22-15)23-8-5-13(6-9-23)17(20)25/h1-4,7,10-11,13H,5-6,8-9H2,(H2,20,25). The molecule has 1 amide bonds. The number of anilines is 1. The number of carbonyl (C=O) groups excluding carboxylic acids is 1. The van der Waals surface area contributed by atoms with Crippen molar-refractivity contribution in [2.45, 2.75) is 12.8 Å². The van der Waals surface area contributed by atoms with Crippen molar-refractivity contribution in [3.63, 3.8) is 0 Å². The molecule has 1 aromatic carbocycles. The van der Waals surface area contributed by atoms with Gasteiger partial charge in [0.2, 0.25) is 5.91 Å². The molecule has 3 aromatic rings. The minimum Gasteiger partial charge on any atom is -0.369 e. The maximum absolute atomic E-state index is 13.1. The molecule has 0 atom stereocenters. The van der Waals surface area contributed by atoms with E-state index in [-0.39, 0.29) is 17.6 Å². The van der Waals surface area contributed by atoms with E-state index < -0.39 is 0 Å². The molecule has 7 heteroatoms. The summed E-state index contributed by atoms with van der Waals surface area (Å²) in [6.07, 6.45) is 4.97. The summed E-state index contributed by atoms with van der Waals surface area (Å²) < 4.78 is 14.9. The molecule has 1 fully saturated rings. The van der Waals surface area contributed by atoms with Crippen molar-refractivity contribution in [3.8, 4) is 11.3 Å². The van der Waals surface area contributed by atoms with E-state index in [4.69, 9.17) is 5.73 Å². The number of amides is 1. The summed E-state index contributed by atoms with van der Waals surface area (Å²) in [5.74, 6) is 0.280. The summed E-state index contributed by atoms with van der Waals surface area (Å²) in [6.45, 7) is 1.47. The number of halogens is 1. The molecule has 6 nitrogen and oxygen atoms in total. The zero-order chi connectivity index (χ0) is 17.4. The van der Waals surface area contributed by atoms with Gasteiger partial charge in [-0.1, -0.05) is 0 Å². The van der Waals surface area contributed by atoms with Gasteiger partial charge in [-0.25, -0.2) is 13.9 Å². The van der Waals surface area contributed by atoms with E-state index in [0.29, 0.717) is 0 Å². The van der Waals surface area contributed by atoms with Gasteiger partial charge < -0.3 is 10.6 Å². The van der Waals surface area contributed by atoms with Crippen molar-refractivity contribution >= 4 is 17.2 Å². The zero-order valence-electron chi connectivity index (χ0n) is 13.6. The largest absolute Gasteiger partial charge is 0.369 e. The van der Waals surface area contributed by atoms with Crippen molar-refractivity contribution in [1.82, 2.24) is 14.6 Å². The fraction of sp³-hybridized carbons (Fsp3) is 0.278. The SMILES string of the molecule is NC(=O)C1CCN(c2nccn3nc(-c4ccc(F)cc4)cc23)CC1. The lowest BCUT2D eigenvalue weighted by Gasteiger charge is -2.31. The fourth-order valence-electron chi connectivity index (χ4n) is 3.29. The Morgan fingerprint density at radius 2 is 1.92 bits per heavy atom. The maximum atomic E-state index is 13.1. The van der Waals surface area contributed by atoms with Gasteiger partial charge in [-0.15, -0.1) is 0 Å². The Hall–Kier alpha value is -2.96. The molecule has 3 heterocycles. The normalized spacial score (nSPS) is 15.6. The first-order valence-corrected chi connectivity index (χ1v) is 8.26. The van der Waals surface area contributed by atoms with Crippen LogP contribution in [0.5, 0.6) is 0 Å². The number of primary amides is 1. The number of hydrogen-bond donors (Lipinski definition) is 1. The lowest BCUT2D eigenvalue weighted by atomic mass is 9.96. The van der Waals surface area contributed by atoms with Crippen molar-refractivity contribution in [1.29, 1.82) is 0 Å². The molecule has 4 rings (SSSR count). The van der Waals surface area contributed by atoms with Crippen molar-refractivity contribution < 1.29 is 9.18 Å². The lowest BCUT2D eigenvalue weighted by Crippen LogP contribution is -2.39. The van der Waals surface area contributed by atoms with Crippen LogP contribution in [0.15, 0.2) is 42.7 Å². The topological polar surface area (TPSA) is 76.5 Å². The summed E-state index contributed by atoms with van der Waals surface area (Å²) in [4.78, 5) is 18.0. The molecule has 0 unspecified atom stereocenters. The highest BCUT2D eigenvalue weighted by molar-refractivity contribution is 5.78. The van der Waals surface area contributed by atoms with Gasteiger partial charge >= 0.3 is 0 Å². The van der Waals surface area contributed by atoms with Gasteiger partial charge in [0.25, 0.3) is 0 Å². The Kier molecular flexibility index (Phi) is 3.83. The molecule has 1 aliphatic rings. The summed E-state index contributed by atoms with van der Waals surface area (Å²) in [5.41, 5.74) is 7.91. The van der Waals surface area contributed by atoms with E-state index >= 15 is 0 Å². The molecular formula is C18H18FN5O. The first-order valence-electron chi connectivity index (χ1n) is 8.26. The Labute approximate surface area is 144 Å². The fourth-order valence-corrected chi connectivity index (χ4v) is 3.29. The number of piperidine rings is 1. The number of hydrogen-bond acceptors (Lipinski definition) is 4. The summed E-state index contributed by atoms with van der Waals surface area (Å²) >= 11 is 0. The van der Waals surface area contributed by atoms with Crippen LogP contribution in [-0.4, -0.2) is 33.6 Å². The van der Waals surface area contributed by atoms with Crippen LogP contribution in [-0.2, 0) is 4.79 Å². The van der Waals surface area contributed by atoms with E-state index in [9.17, 15) is 9.18 Å². The monoisotopic (exact) mass is 339 g/mol. The van der Waals surface area contributed by atoms with E-state index in [1.807, 2.05) is 6.07 Å². The second kappa shape index (κ2) is 6.16. The first-order chi connectivity index (χ1) is 12.1. The Morgan fingerprint density at radius 1 is 1.20 bits per heavy atom. The van der Waals surface area contributed by atoms with Crippen LogP contribution in [0.4, 0.5) is 10.2 Å². The van der Waals surface area contributed by atoms with E-state index in [2.05, 4.69) is 15.0 Å². The quantitative estimate of drug-likeness (QED) is 0.794. The van der Waals surface area contributed by atoms with Gasteiger partial charge in [-0.3, -0.25) is 4.79 Å². The number of nitrogens with two attached hydrogens (primary N) is 1. The zero-order valence-corrected chi connectivity index (χ0v) is 13.6. The number of benzene rings is 1. The van der Waals surface area contributed by atoms with Crippen molar-refractivity contribution in [2.75, 3.05) is 18.0 Å². The number of rotatable bonds is 3. The Bertz CT molecular complexity index is 913. The highest BCUT2D eigenvalue weighted by Crippen LogP contribution is 2.28. The Morgan fingerprint density at radius 3 is 2.60 bits per heavy atom. The molecule has 2 aromatic heterocycles. The van der Waals surface area contributed by atoms with Gasteiger partial charge in [0.05, 0.1) is 5.69 Å². The molecule has 0 spiro atoms. The van der Waals surface area contributed by atoms with Crippen molar-refractivity contribution in [2.24, 2.45) is 11.7 Å². The summed E-state index contributed by atoms with van der Waals surface area (Å²) in [5, 5.41) is 4.56. The number of nitrogens with zero attached hydrogens (tertiary/aromatic N) is 4. The van der Waals surface area contributed by atoms with Crippen LogP contribution in [0.1, 0.15) is 12.8 Å². The molecule has 1 saturated heterocycles. The van der Waals surface area contributed by atoms with Gasteiger partial charge in [0.15, 0.2) is 5.82 Å². The molecular weight excluding hydrogens is 321 g/mol. The predicted molar refractivity (Wildman–Crippen MR) is 92.5 cm³/mol. The average Bonchev–Trinajstić information content (AvgIpc) is 3.06. The van der Waals surface area contributed by atoms with Gasteiger partial charge in [-0.2, -0.15) is 5.10 Å². The predicted octanol–water partition coefficient (Wildman–Crippen LogP) is 2.24. The highest BCUT2D eigenvalue weighted by atomic mass is 19.1. The van der Waals surface area contributed by atoms with Crippen LogP contribution in [0.2, 0.25) is 0 Å². The second-order valence-corrected chi connectivity index (χ2v) is 6.28. The number of carbonyl (C=O) groups is 1. The minimum absolute atomic E-state index is 0.0596. The molecule has 0 saturated carbocycles. The van der Waals surface area contributed by atoms with E-state index in [1.54, 1.807) is 29.0 Å². The van der Waals surface area contributed by atoms with Gasteiger partial charge in [0, 0.05) is 37.0 Å². The smallest absolute Gasteiger partial charge is 0.220 e. The summed E-state index contributed by atoms with van der Waals surface area (Å²) in [7, 11) is 0. The molecule has 25 heavy (non-hydrogen) atoms. The van der Waals surface area contributed by atoms with Crippen LogP contribution >= 0.6 is 0 Å². The molecule has 0 bridgehead atoms. The maximum Gasteiger partial charge on any atom is 0.220 e. The third-order valence-electron chi connectivity index (χ3n) is 4.71. The molecule has 0 radical (unpaired) electrons. The highest BCUT2D eigenvalue weighted by Gasteiger charge is 2.25. The van der Waals surface area contributed by atoms with Crippen LogP contribution in [0.25, 0.3) is 16.8 Å². The molecule has 2 N–H and O–H groups in total. The number of aromatic nitrogens is 3. The minimum atomic E-state index is -0.271. The van der Waals surface area contributed by atoms with E-state index in [1.165, 1.54) is 12.1 Å². The van der Waals surface area contributed by atoms with Gasteiger partial charge in [-0.05, 0) is 43.2 Å². The summed E-state index contributed by atoms with van der Waals surface area (Å²) in [6, 6.07) is 8.22. The van der Waals surface area contributed by atoms with E-state index in [0.717, 1.165) is 48.5 Å². The molecule has 1 aliphatic heterocycles. The van der Waals surface area contributed by atoms with Gasteiger partial charge in [0.1, 0.15) is 11.3 Å². The third kappa shape index (κ3) is 2.93. The molecule has 0 aliphatic carbocycles. The van der Waals surface area contributed by atoms with Crippen LogP contribution < -0.4 is 10.6 Å². The first kappa shape index (κ1) is 15.6. The van der Waals surface area contributed by atoms with Crippen LogP contribution in [0, 0.1) is 11.7 Å². The Balaban J connectivity index is 1.66. The average molecular weight is 339 g/mol. The second-order valence-electron chi connectivity index (χ2n) is 6.28. The lowest BCUT2D eigenvalue weighted by molar-refractivity contribution is -0.122. The third-order valence-corrected chi connectivity index (χ3v) is 4.71. The van der Waals surface area contributed by atoms with Crippen molar-refractivity contribution in [3.05, 3.63) is 48.5 Å². The number of fused-ring (bicyclic) bond motifs is 1. The van der Waals surface area contributed by atoms with Crippen LogP contribution in [0.3, 0.4) is 0 Å².